The average molecular weight is 238 g/mol. The van der Waals surface area contributed by atoms with Crippen LogP contribution in [0.15, 0.2) is 0 Å². The number of hydrogen-bond acceptors (Lipinski definition) is 2. The van der Waals surface area contributed by atoms with Crippen molar-refractivity contribution in [1.82, 2.24) is 4.90 Å². The lowest BCUT2D eigenvalue weighted by Gasteiger charge is -2.41. The van der Waals surface area contributed by atoms with Crippen LogP contribution in [0.5, 0.6) is 0 Å². The zero-order chi connectivity index (χ0) is 12.2. The van der Waals surface area contributed by atoms with Crippen LogP contribution in [-0.2, 0) is 0 Å². The molecule has 0 aromatic carbocycles. The van der Waals surface area contributed by atoms with Crippen molar-refractivity contribution in [3.63, 3.8) is 0 Å². The van der Waals surface area contributed by atoms with Gasteiger partial charge in [-0.1, -0.05) is 19.8 Å². The maximum absolute atomic E-state index is 12.5. The van der Waals surface area contributed by atoms with Crippen LogP contribution < -0.4 is 5.73 Å². The van der Waals surface area contributed by atoms with E-state index in [1.807, 2.05) is 6.92 Å². The summed E-state index contributed by atoms with van der Waals surface area (Å²) in [6, 6.07) is 0. The Labute approximate surface area is 95.0 Å². The van der Waals surface area contributed by atoms with Gasteiger partial charge in [-0.05, 0) is 25.8 Å². The summed E-state index contributed by atoms with van der Waals surface area (Å²) in [6.45, 7) is 1.90. The van der Waals surface area contributed by atoms with Crippen LogP contribution >= 0.6 is 0 Å². The lowest BCUT2D eigenvalue weighted by molar-refractivity contribution is -0.158. The SMILES string of the molecule is CCCN(CC(F)(F)F)C1(CN)CCCC1. The molecular weight excluding hydrogens is 217 g/mol. The highest BCUT2D eigenvalue weighted by atomic mass is 19.4. The van der Waals surface area contributed by atoms with Crippen LogP contribution in [0.2, 0.25) is 0 Å². The fraction of sp³-hybridized carbons (Fsp3) is 1.00. The van der Waals surface area contributed by atoms with E-state index in [-0.39, 0.29) is 0 Å². The first-order valence-corrected chi connectivity index (χ1v) is 5.95. The number of nitrogens with two attached hydrogens (primary N) is 1. The highest BCUT2D eigenvalue weighted by Crippen LogP contribution is 2.36. The van der Waals surface area contributed by atoms with Crippen molar-refractivity contribution in [3.8, 4) is 0 Å². The Kier molecular flexibility index (Phi) is 4.62. The molecule has 1 saturated carbocycles. The summed E-state index contributed by atoms with van der Waals surface area (Å²) in [5.41, 5.74) is 5.31. The van der Waals surface area contributed by atoms with Crippen LogP contribution in [0.25, 0.3) is 0 Å². The number of nitrogens with zero attached hydrogens (tertiary/aromatic N) is 1. The summed E-state index contributed by atoms with van der Waals surface area (Å²) in [7, 11) is 0. The Hall–Kier alpha value is -0.290. The van der Waals surface area contributed by atoms with Crippen molar-refractivity contribution in [2.24, 2.45) is 5.73 Å². The van der Waals surface area contributed by atoms with Crippen LogP contribution in [0, 0.1) is 0 Å². The highest BCUT2D eigenvalue weighted by molar-refractivity contribution is 4.96. The molecule has 0 radical (unpaired) electrons. The zero-order valence-corrected chi connectivity index (χ0v) is 9.82. The third-order valence-corrected chi connectivity index (χ3v) is 3.45. The predicted molar refractivity (Wildman–Crippen MR) is 58.2 cm³/mol. The van der Waals surface area contributed by atoms with Gasteiger partial charge in [0.15, 0.2) is 0 Å². The Bertz CT molecular complexity index is 210. The largest absolute Gasteiger partial charge is 0.401 e. The molecule has 1 aliphatic carbocycles. The zero-order valence-electron chi connectivity index (χ0n) is 9.82. The van der Waals surface area contributed by atoms with Gasteiger partial charge in [0, 0.05) is 12.1 Å². The molecule has 0 bridgehead atoms. The van der Waals surface area contributed by atoms with Crippen molar-refractivity contribution in [2.45, 2.75) is 50.7 Å². The molecule has 16 heavy (non-hydrogen) atoms. The normalized spacial score (nSPS) is 20.6. The molecule has 0 aromatic heterocycles. The van der Waals surface area contributed by atoms with Crippen molar-refractivity contribution in [1.29, 1.82) is 0 Å². The van der Waals surface area contributed by atoms with E-state index in [1.54, 1.807) is 4.90 Å². The molecule has 96 valence electrons. The maximum Gasteiger partial charge on any atom is 0.401 e. The van der Waals surface area contributed by atoms with Crippen molar-refractivity contribution in [2.75, 3.05) is 19.6 Å². The molecule has 0 spiro atoms. The average Bonchev–Trinajstić information content (AvgIpc) is 2.64. The molecule has 0 unspecified atom stereocenters. The fourth-order valence-corrected chi connectivity index (χ4v) is 2.65. The Morgan fingerprint density at radius 1 is 1.25 bits per heavy atom. The molecule has 0 aromatic rings. The van der Waals surface area contributed by atoms with Gasteiger partial charge >= 0.3 is 6.18 Å². The quantitative estimate of drug-likeness (QED) is 0.797. The number of hydrogen-bond donors (Lipinski definition) is 1. The molecule has 0 saturated heterocycles. The maximum atomic E-state index is 12.5. The van der Waals surface area contributed by atoms with E-state index in [4.69, 9.17) is 5.73 Å². The molecular formula is C11H21F3N2. The molecule has 0 amide bonds. The Balaban J connectivity index is 2.74. The summed E-state index contributed by atoms with van der Waals surface area (Å²) in [4.78, 5) is 1.56. The molecule has 0 aliphatic heterocycles. The fourth-order valence-electron chi connectivity index (χ4n) is 2.65. The van der Waals surface area contributed by atoms with E-state index in [1.165, 1.54) is 0 Å². The minimum absolute atomic E-state index is 0.336. The molecule has 1 fully saturated rings. The summed E-state index contributed by atoms with van der Waals surface area (Å²) >= 11 is 0. The van der Waals surface area contributed by atoms with Gasteiger partial charge in [0.2, 0.25) is 0 Å². The van der Waals surface area contributed by atoms with Crippen LogP contribution in [0.1, 0.15) is 39.0 Å². The summed E-state index contributed by atoms with van der Waals surface area (Å²) in [6.07, 6.45) is 0.210. The van der Waals surface area contributed by atoms with Crippen LogP contribution in [-0.4, -0.2) is 36.2 Å². The van der Waals surface area contributed by atoms with E-state index in [9.17, 15) is 13.2 Å². The summed E-state index contributed by atoms with van der Waals surface area (Å²) in [5, 5.41) is 0. The first-order valence-electron chi connectivity index (χ1n) is 5.95. The van der Waals surface area contributed by atoms with Crippen molar-refractivity contribution >= 4 is 0 Å². The summed E-state index contributed by atoms with van der Waals surface area (Å²) in [5.74, 6) is 0. The lowest BCUT2D eigenvalue weighted by Crippen LogP contribution is -2.55. The molecule has 2 nitrogen and oxygen atoms in total. The van der Waals surface area contributed by atoms with Gasteiger partial charge in [-0.3, -0.25) is 4.90 Å². The number of rotatable bonds is 5. The van der Waals surface area contributed by atoms with Gasteiger partial charge in [0.1, 0.15) is 0 Å². The molecule has 1 aliphatic rings. The highest BCUT2D eigenvalue weighted by Gasteiger charge is 2.42. The smallest absolute Gasteiger partial charge is 0.329 e. The van der Waals surface area contributed by atoms with Gasteiger partial charge in [0.05, 0.1) is 6.54 Å². The second-order valence-corrected chi connectivity index (χ2v) is 4.67. The van der Waals surface area contributed by atoms with Crippen molar-refractivity contribution < 1.29 is 13.2 Å². The van der Waals surface area contributed by atoms with E-state index in [0.29, 0.717) is 13.1 Å². The first-order chi connectivity index (χ1) is 7.43. The molecule has 5 heteroatoms. The van der Waals surface area contributed by atoms with Gasteiger partial charge < -0.3 is 5.73 Å². The van der Waals surface area contributed by atoms with E-state index in [0.717, 1.165) is 32.1 Å². The monoisotopic (exact) mass is 238 g/mol. The lowest BCUT2D eigenvalue weighted by atomic mass is 9.94. The third kappa shape index (κ3) is 3.35. The minimum Gasteiger partial charge on any atom is -0.329 e. The van der Waals surface area contributed by atoms with Crippen molar-refractivity contribution in [3.05, 3.63) is 0 Å². The molecule has 0 heterocycles. The Morgan fingerprint density at radius 2 is 1.81 bits per heavy atom. The molecule has 0 atom stereocenters. The van der Waals surface area contributed by atoms with Crippen LogP contribution in [0.4, 0.5) is 13.2 Å². The minimum atomic E-state index is -4.13. The van der Waals surface area contributed by atoms with Crippen LogP contribution in [0.3, 0.4) is 0 Å². The number of halogens is 3. The van der Waals surface area contributed by atoms with E-state index < -0.39 is 18.3 Å². The Morgan fingerprint density at radius 3 is 2.19 bits per heavy atom. The summed E-state index contributed by atoms with van der Waals surface area (Å²) < 4.78 is 37.5. The third-order valence-electron chi connectivity index (χ3n) is 3.45. The van der Waals surface area contributed by atoms with Gasteiger partial charge in [-0.2, -0.15) is 13.2 Å². The van der Waals surface area contributed by atoms with Gasteiger partial charge in [0.25, 0.3) is 0 Å². The molecule has 1 rings (SSSR count). The second-order valence-electron chi connectivity index (χ2n) is 4.67. The molecule has 2 N–H and O–H groups in total. The second kappa shape index (κ2) is 5.36. The van der Waals surface area contributed by atoms with E-state index in [2.05, 4.69) is 0 Å². The first kappa shape index (κ1) is 13.8. The van der Waals surface area contributed by atoms with E-state index >= 15 is 0 Å². The van der Waals surface area contributed by atoms with Gasteiger partial charge in [-0.25, -0.2) is 0 Å². The number of alkyl halides is 3. The predicted octanol–water partition coefficient (Wildman–Crippen LogP) is 2.53. The standard InChI is InChI=1S/C11H21F3N2/c1-2-7-16(9-11(12,13)14)10(8-15)5-3-4-6-10/h2-9,15H2,1H3. The van der Waals surface area contributed by atoms with Gasteiger partial charge in [-0.15, -0.1) is 0 Å². The topological polar surface area (TPSA) is 29.3 Å².